The van der Waals surface area contributed by atoms with Crippen molar-refractivity contribution in [2.75, 3.05) is 13.2 Å². The maximum absolute atomic E-state index is 12.5. The molecule has 0 spiro atoms. The number of hydrogen-bond donors (Lipinski definition) is 3. The van der Waals surface area contributed by atoms with E-state index in [0.717, 1.165) is 44.9 Å². The van der Waals surface area contributed by atoms with Crippen LogP contribution in [0, 0.1) is 0 Å². The fourth-order valence-electron chi connectivity index (χ4n) is 12.3. The largest absolute Gasteiger partial charge is 0.466 e. The predicted octanol–water partition coefficient (Wildman–Crippen LogP) is 25.3. The van der Waals surface area contributed by atoms with E-state index in [1.807, 2.05) is 0 Å². The van der Waals surface area contributed by atoms with Crippen molar-refractivity contribution in [1.82, 2.24) is 5.32 Å². The Hall–Kier alpha value is -1.66. The fourth-order valence-corrected chi connectivity index (χ4v) is 12.3. The summed E-state index contributed by atoms with van der Waals surface area (Å²) in [7, 11) is 0. The average molecular weight is 1180 g/mol. The minimum Gasteiger partial charge on any atom is -0.466 e. The van der Waals surface area contributed by atoms with E-state index in [2.05, 4.69) is 43.5 Å². The second-order valence-corrected chi connectivity index (χ2v) is 26.7. The third-order valence-electron chi connectivity index (χ3n) is 18.2. The number of allylic oxidation sites excluding steroid dienone is 4. The number of rotatable bonds is 73. The highest BCUT2D eigenvalue weighted by atomic mass is 16.5. The summed E-state index contributed by atoms with van der Waals surface area (Å²) in [5, 5.41) is 23.4. The second-order valence-electron chi connectivity index (χ2n) is 26.7. The molecule has 0 bridgehead atoms. The highest BCUT2D eigenvalue weighted by molar-refractivity contribution is 5.76. The summed E-state index contributed by atoms with van der Waals surface area (Å²) in [5.41, 5.74) is 0. The molecule has 6 heteroatoms. The maximum atomic E-state index is 12.5. The number of amides is 1. The van der Waals surface area contributed by atoms with E-state index < -0.39 is 12.1 Å². The third kappa shape index (κ3) is 69.4. The van der Waals surface area contributed by atoms with Gasteiger partial charge in [0.05, 0.1) is 25.4 Å². The zero-order valence-corrected chi connectivity index (χ0v) is 57.2. The van der Waals surface area contributed by atoms with Crippen LogP contribution in [-0.4, -0.2) is 47.4 Å². The van der Waals surface area contributed by atoms with Gasteiger partial charge in [-0.1, -0.05) is 372 Å². The molecular formula is C78H151NO5. The Labute approximate surface area is 526 Å². The first-order chi connectivity index (χ1) is 41.5. The summed E-state index contributed by atoms with van der Waals surface area (Å²) in [6.45, 7) is 4.97. The van der Waals surface area contributed by atoms with Gasteiger partial charge in [-0.25, -0.2) is 0 Å². The van der Waals surface area contributed by atoms with Gasteiger partial charge in [0.15, 0.2) is 0 Å². The van der Waals surface area contributed by atoms with Crippen molar-refractivity contribution in [2.24, 2.45) is 0 Å². The Morgan fingerprint density at radius 1 is 0.321 bits per heavy atom. The molecule has 0 aliphatic rings. The van der Waals surface area contributed by atoms with Crippen molar-refractivity contribution in [3.8, 4) is 0 Å². The first kappa shape index (κ1) is 82.3. The molecular weight excluding hydrogens is 1030 g/mol. The van der Waals surface area contributed by atoms with Gasteiger partial charge >= 0.3 is 5.97 Å². The number of nitrogens with one attached hydrogen (secondary N) is 1. The van der Waals surface area contributed by atoms with Crippen LogP contribution in [0.2, 0.25) is 0 Å². The molecule has 0 aromatic carbocycles. The van der Waals surface area contributed by atoms with E-state index in [9.17, 15) is 19.8 Å². The van der Waals surface area contributed by atoms with Gasteiger partial charge in [-0.2, -0.15) is 0 Å². The standard InChI is InChI=1S/C78H151NO5/c1-3-5-7-9-11-13-15-17-18-44-47-50-54-58-62-66-70-76(81)75(74-80)79-77(82)71-67-63-59-55-51-48-45-42-40-38-36-34-32-30-28-26-24-22-20-19-21-23-25-27-29-31-33-35-37-39-41-43-46-49-53-57-61-65-69-73-84-78(83)72-68-64-60-56-52-16-14-12-10-8-6-4-2/h12,14,19-20,75-76,80-81H,3-11,13,15-18,21-74H2,1-2H3,(H,79,82)/b14-12-,20-19-. The van der Waals surface area contributed by atoms with Gasteiger partial charge in [-0.3, -0.25) is 9.59 Å². The molecule has 0 saturated heterocycles. The lowest BCUT2D eigenvalue weighted by Gasteiger charge is -2.22. The van der Waals surface area contributed by atoms with Gasteiger partial charge in [0, 0.05) is 12.8 Å². The zero-order valence-electron chi connectivity index (χ0n) is 57.2. The molecule has 0 rings (SSSR count). The quantitative estimate of drug-likeness (QED) is 0.0320. The topological polar surface area (TPSA) is 95.9 Å². The minimum atomic E-state index is -0.661. The highest BCUT2D eigenvalue weighted by Crippen LogP contribution is 2.20. The lowest BCUT2D eigenvalue weighted by atomic mass is 10.0. The number of aliphatic hydroxyl groups excluding tert-OH is 2. The Morgan fingerprint density at radius 3 is 0.869 bits per heavy atom. The van der Waals surface area contributed by atoms with Crippen molar-refractivity contribution in [2.45, 2.75) is 450 Å². The number of carbonyl (C=O) groups excluding carboxylic acids is 2. The summed E-state index contributed by atoms with van der Waals surface area (Å²) in [5.74, 6) is -0.0138. The first-order valence-electron chi connectivity index (χ1n) is 38.6. The molecule has 0 radical (unpaired) electrons. The fraction of sp³-hybridized carbons (Fsp3) is 0.923. The number of esters is 1. The van der Waals surface area contributed by atoms with Crippen molar-refractivity contribution in [3.05, 3.63) is 24.3 Å². The van der Waals surface area contributed by atoms with E-state index >= 15 is 0 Å². The maximum Gasteiger partial charge on any atom is 0.305 e. The molecule has 0 saturated carbocycles. The highest BCUT2D eigenvalue weighted by Gasteiger charge is 2.20. The Kier molecular flexibility index (Phi) is 72.3. The molecule has 498 valence electrons. The number of aliphatic hydroxyl groups is 2. The minimum absolute atomic E-state index is 0.0129. The second kappa shape index (κ2) is 73.8. The number of hydrogen-bond acceptors (Lipinski definition) is 5. The summed E-state index contributed by atoms with van der Waals surface area (Å²) < 4.78 is 5.48. The molecule has 0 fully saturated rings. The summed E-state index contributed by atoms with van der Waals surface area (Å²) in [6, 6.07) is -0.538. The van der Waals surface area contributed by atoms with Crippen LogP contribution in [-0.2, 0) is 14.3 Å². The molecule has 1 amide bonds. The molecule has 0 aromatic heterocycles. The van der Waals surface area contributed by atoms with Gasteiger partial charge in [0.1, 0.15) is 0 Å². The van der Waals surface area contributed by atoms with Crippen molar-refractivity contribution < 1.29 is 24.5 Å². The van der Waals surface area contributed by atoms with Crippen LogP contribution in [0.4, 0.5) is 0 Å². The van der Waals surface area contributed by atoms with Gasteiger partial charge in [-0.15, -0.1) is 0 Å². The van der Waals surface area contributed by atoms with E-state index in [1.54, 1.807) is 0 Å². The molecule has 0 aliphatic heterocycles. The van der Waals surface area contributed by atoms with Gasteiger partial charge in [-0.05, 0) is 77.0 Å². The molecule has 0 aromatic rings. The smallest absolute Gasteiger partial charge is 0.305 e. The SMILES string of the molecule is CCCCC/C=C\CCCCCCCC(=O)OCCCCCCCCCCCCCCCCCCCC/C=C\CCCCCCCCCCCCCCCCCCCC(=O)NC(CO)C(O)CCCCCCCCCCCCCCCCCC. The van der Waals surface area contributed by atoms with Gasteiger partial charge < -0.3 is 20.3 Å². The first-order valence-corrected chi connectivity index (χ1v) is 38.6. The van der Waals surface area contributed by atoms with Crippen LogP contribution in [0.3, 0.4) is 0 Å². The normalized spacial score (nSPS) is 12.6. The number of unbranched alkanes of at least 4 members (excludes halogenated alkanes) is 58. The predicted molar refractivity (Wildman–Crippen MR) is 370 cm³/mol. The molecule has 84 heavy (non-hydrogen) atoms. The summed E-state index contributed by atoms with van der Waals surface area (Å²) in [6.07, 6.45) is 94.2. The lowest BCUT2D eigenvalue weighted by molar-refractivity contribution is -0.143. The number of ether oxygens (including phenoxy) is 1. The van der Waals surface area contributed by atoms with Crippen LogP contribution >= 0.6 is 0 Å². The van der Waals surface area contributed by atoms with Crippen LogP contribution < -0.4 is 5.32 Å². The molecule has 2 unspecified atom stereocenters. The molecule has 3 N–H and O–H groups in total. The van der Waals surface area contributed by atoms with Crippen LogP contribution in [0.1, 0.15) is 438 Å². The molecule has 6 nitrogen and oxygen atoms in total. The van der Waals surface area contributed by atoms with Gasteiger partial charge in [0.2, 0.25) is 5.91 Å². The van der Waals surface area contributed by atoms with Crippen molar-refractivity contribution >= 4 is 11.9 Å². The van der Waals surface area contributed by atoms with Gasteiger partial charge in [0.25, 0.3) is 0 Å². The molecule has 0 heterocycles. The summed E-state index contributed by atoms with van der Waals surface area (Å²) in [4.78, 5) is 24.6. The Balaban J connectivity index is 3.32. The summed E-state index contributed by atoms with van der Waals surface area (Å²) >= 11 is 0. The van der Waals surface area contributed by atoms with Crippen LogP contribution in [0.25, 0.3) is 0 Å². The molecule has 0 aliphatic carbocycles. The van der Waals surface area contributed by atoms with E-state index in [-0.39, 0.29) is 18.5 Å². The van der Waals surface area contributed by atoms with Crippen LogP contribution in [0.5, 0.6) is 0 Å². The lowest BCUT2D eigenvalue weighted by Crippen LogP contribution is -2.45. The van der Waals surface area contributed by atoms with E-state index in [4.69, 9.17) is 4.74 Å². The zero-order chi connectivity index (χ0) is 60.6. The molecule has 2 atom stereocenters. The Morgan fingerprint density at radius 2 is 0.560 bits per heavy atom. The average Bonchev–Trinajstić information content (AvgIpc) is 3.50. The third-order valence-corrected chi connectivity index (χ3v) is 18.2. The Bertz CT molecular complexity index is 1320. The van der Waals surface area contributed by atoms with Crippen molar-refractivity contribution in [1.29, 1.82) is 0 Å². The van der Waals surface area contributed by atoms with Crippen LogP contribution in [0.15, 0.2) is 24.3 Å². The number of carbonyl (C=O) groups is 2. The van der Waals surface area contributed by atoms with E-state index in [1.165, 1.54) is 360 Å². The van der Waals surface area contributed by atoms with E-state index in [0.29, 0.717) is 25.9 Å². The monoisotopic (exact) mass is 1180 g/mol. The van der Waals surface area contributed by atoms with Crippen molar-refractivity contribution in [3.63, 3.8) is 0 Å².